The molecule has 33 heavy (non-hydrogen) atoms. The van der Waals surface area contributed by atoms with E-state index in [4.69, 9.17) is 9.72 Å². The first-order chi connectivity index (χ1) is 15.6. The van der Waals surface area contributed by atoms with E-state index >= 15 is 0 Å². The Labute approximate surface area is 191 Å². The smallest absolute Gasteiger partial charge is 0.265 e. The van der Waals surface area contributed by atoms with Gasteiger partial charge in [0.15, 0.2) is 5.82 Å². The van der Waals surface area contributed by atoms with Crippen LogP contribution in [-0.4, -0.2) is 76.3 Å². The number of imidazole rings is 1. The van der Waals surface area contributed by atoms with Gasteiger partial charge in [0.1, 0.15) is 22.8 Å². The quantitative estimate of drug-likeness (QED) is 0.516. The van der Waals surface area contributed by atoms with Crippen molar-refractivity contribution < 1.29 is 22.3 Å². The zero-order valence-corrected chi connectivity index (χ0v) is 19.0. The van der Waals surface area contributed by atoms with Crippen LogP contribution in [0.4, 0.5) is 14.6 Å². The summed E-state index contributed by atoms with van der Waals surface area (Å²) in [5, 5.41) is 0. The first-order valence-electron chi connectivity index (χ1n) is 10.5. The van der Waals surface area contributed by atoms with Gasteiger partial charge in [0, 0.05) is 37.6 Å². The third kappa shape index (κ3) is 4.35. The first kappa shape index (κ1) is 22.3. The Balaban J connectivity index is 1.44. The van der Waals surface area contributed by atoms with Gasteiger partial charge in [-0.15, -0.1) is 0 Å². The molecule has 0 aromatic carbocycles. The summed E-state index contributed by atoms with van der Waals surface area (Å²) in [7, 11) is 0. The molecular weight excluding hydrogens is 454 g/mol. The van der Waals surface area contributed by atoms with E-state index in [0.717, 1.165) is 0 Å². The highest BCUT2D eigenvalue weighted by Crippen LogP contribution is 2.37. The van der Waals surface area contributed by atoms with Gasteiger partial charge in [0.25, 0.3) is 6.43 Å². The number of aromatic nitrogens is 4. The summed E-state index contributed by atoms with van der Waals surface area (Å²) in [4.78, 5) is 17.3. The molecule has 2 aliphatic heterocycles. The fourth-order valence-corrected chi connectivity index (χ4v) is 5.27. The molecule has 9 nitrogen and oxygen atoms in total. The molecule has 0 saturated carbocycles. The number of hydrogen-bond acceptors (Lipinski definition) is 8. The number of hydrogen-bond donors (Lipinski definition) is 0. The minimum absolute atomic E-state index is 0.0158. The molecule has 0 bridgehead atoms. The largest absolute Gasteiger partial charge is 0.771 e. The number of alkyl halides is 2. The van der Waals surface area contributed by atoms with Gasteiger partial charge in [-0.3, -0.25) is 13.5 Å². The average molecular weight is 478 g/mol. The highest BCUT2D eigenvalue weighted by atomic mass is 32.2. The maximum atomic E-state index is 13.2. The van der Waals surface area contributed by atoms with Crippen LogP contribution in [0.25, 0.3) is 17.2 Å². The first-order valence-corrected chi connectivity index (χ1v) is 11.7. The Kier molecular flexibility index (Phi) is 5.43. The van der Waals surface area contributed by atoms with Gasteiger partial charge in [-0.05, 0) is 43.1 Å². The van der Waals surface area contributed by atoms with Crippen LogP contribution in [0.2, 0.25) is 0 Å². The van der Waals surface area contributed by atoms with Crippen LogP contribution in [0.15, 0.2) is 36.8 Å². The number of fused-ring (bicyclic) bond motifs is 1. The van der Waals surface area contributed by atoms with Gasteiger partial charge in [-0.1, -0.05) is 0 Å². The molecule has 2 saturated heterocycles. The molecule has 2 aliphatic rings. The van der Waals surface area contributed by atoms with Crippen LogP contribution in [0.5, 0.6) is 0 Å². The third-order valence-corrected chi connectivity index (χ3v) is 6.41. The van der Waals surface area contributed by atoms with E-state index in [9.17, 15) is 17.5 Å². The summed E-state index contributed by atoms with van der Waals surface area (Å²) < 4.78 is 56.4. The maximum Gasteiger partial charge on any atom is 0.265 e. The van der Waals surface area contributed by atoms with Gasteiger partial charge in [0.2, 0.25) is 0 Å². The summed E-state index contributed by atoms with van der Waals surface area (Å²) in [6, 6.07) is 4.70. The van der Waals surface area contributed by atoms with Crippen molar-refractivity contribution in [3.63, 3.8) is 0 Å². The van der Waals surface area contributed by atoms with Crippen molar-refractivity contribution in [1.82, 2.24) is 24.3 Å². The Hall–Kier alpha value is -2.54. The number of halogens is 2. The number of morpholine rings is 1. The van der Waals surface area contributed by atoms with Crippen LogP contribution in [-0.2, 0) is 15.8 Å². The molecule has 176 valence electrons. The van der Waals surface area contributed by atoms with E-state index in [1.807, 2.05) is 18.7 Å². The standard InChI is InChI=1S/C21H24F2N6O3S/c1-20(2)9-28(12-21(32-20)10-27(11-21)13-33(30)31)17-5-6-24-19(26-17)15-7-25-16-4-3-14(18(22)23)8-29(15)16/h3-8,18H,9-13H2,1-2H3,(H,30,31)/p-1. The molecule has 3 aromatic rings. The molecule has 1 spiro atoms. The molecule has 12 heteroatoms. The summed E-state index contributed by atoms with van der Waals surface area (Å²) >= 11 is -2.14. The molecule has 0 aliphatic carbocycles. The van der Waals surface area contributed by atoms with Gasteiger partial charge in [-0.25, -0.2) is 23.7 Å². The molecule has 0 N–H and O–H groups in total. The lowest BCUT2D eigenvalue weighted by Crippen LogP contribution is -2.73. The van der Waals surface area contributed by atoms with E-state index in [1.54, 1.807) is 28.9 Å². The van der Waals surface area contributed by atoms with Crippen LogP contribution in [0, 0.1) is 0 Å². The van der Waals surface area contributed by atoms with Crippen LogP contribution >= 0.6 is 0 Å². The normalized spacial score (nSPS) is 21.0. The van der Waals surface area contributed by atoms with Crippen molar-refractivity contribution >= 4 is 22.5 Å². The van der Waals surface area contributed by atoms with E-state index in [0.29, 0.717) is 49.2 Å². The van der Waals surface area contributed by atoms with E-state index in [2.05, 4.69) is 14.9 Å². The second kappa shape index (κ2) is 8.05. The minimum atomic E-state index is -2.59. The lowest BCUT2D eigenvalue weighted by atomic mass is 9.89. The van der Waals surface area contributed by atoms with E-state index in [-0.39, 0.29) is 11.4 Å². The van der Waals surface area contributed by atoms with Crippen molar-refractivity contribution in [3.05, 3.63) is 42.4 Å². The van der Waals surface area contributed by atoms with Gasteiger partial charge in [-0.2, -0.15) is 0 Å². The predicted molar refractivity (Wildman–Crippen MR) is 117 cm³/mol. The SMILES string of the molecule is CC1(C)CN(c2ccnc(-c3cnc4ccc(C(F)F)cn34)n2)CC2(CN(CS(=O)[O-])C2)O1. The fourth-order valence-electron chi connectivity index (χ4n) is 4.79. The number of likely N-dealkylation sites (tertiary alicyclic amines) is 1. The molecule has 0 radical (unpaired) electrons. The monoisotopic (exact) mass is 477 g/mol. The second-order valence-corrected chi connectivity index (χ2v) is 10.1. The number of pyridine rings is 1. The zero-order chi connectivity index (χ0) is 23.4. The molecular formula is C21H23F2N6O3S-. The zero-order valence-electron chi connectivity index (χ0n) is 18.1. The van der Waals surface area contributed by atoms with Gasteiger partial charge in [0.05, 0.1) is 24.2 Å². The third-order valence-electron chi connectivity index (χ3n) is 5.83. The van der Waals surface area contributed by atoms with Crippen LogP contribution in [0.3, 0.4) is 0 Å². The highest BCUT2D eigenvalue weighted by molar-refractivity contribution is 7.79. The van der Waals surface area contributed by atoms with Crippen molar-refractivity contribution in [2.24, 2.45) is 0 Å². The Morgan fingerprint density at radius 3 is 2.70 bits per heavy atom. The summed E-state index contributed by atoms with van der Waals surface area (Å²) in [6.45, 7) is 6.16. The Bertz CT molecular complexity index is 1210. The number of rotatable bonds is 5. The van der Waals surface area contributed by atoms with Crippen LogP contribution in [0.1, 0.15) is 25.8 Å². The fraction of sp³-hybridized carbons (Fsp3) is 0.476. The lowest BCUT2D eigenvalue weighted by Gasteiger charge is -2.58. The number of anilines is 1. The second-order valence-electron chi connectivity index (χ2n) is 9.19. The van der Waals surface area contributed by atoms with Crippen molar-refractivity contribution in [3.8, 4) is 11.5 Å². The van der Waals surface area contributed by atoms with Crippen molar-refractivity contribution in [2.75, 3.05) is 37.0 Å². The molecule has 0 amide bonds. The van der Waals surface area contributed by atoms with Gasteiger partial charge >= 0.3 is 0 Å². The average Bonchev–Trinajstić information content (AvgIpc) is 3.14. The van der Waals surface area contributed by atoms with E-state index < -0.39 is 28.7 Å². The Morgan fingerprint density at radius 1 is 1.18 bits per heavy atom. The number of nitrogens with zero attached hydrogens (tertiary/aromatic N) is 6. The molecule has 2 fully saturated rings. The summed E-state index contributed by atoms with van der Waals surface area (Å²) in [5.41, 5.74) is -0.0173. The summed E-state index contributed by atoms with van der Waals surface area (Å²) in [5.74, 6) is 1.04. The maximum absolute atomic E-state index is 13.2. The van der Waals surface area contributed by atoms with Crippen LogP contribution < -0.4 is 4.90 Å². The van der Waals surface area contributed by atoms with Crippen molar-refractivity contribution in [1.29, 1.82) is 0 Å². The van der Waals surface area contributed by atoms with E-state index in [1.165, 1.54) is 12.3 Å². The molecule has 1 atom stereocenters. The molecule has 3 aromatic heterocycles. The Morgan fingerprint density at radius 2 is 1.97 bits per heavy atom. The summed E-state index contributed by atoms with van der Waals surface area (Å²) in [6.07, 6.45) is 1.97. The molecule has 1 unspecified atom stereocenters. The minimum Gasteiger partial charge on any atom is -0.771 e. The lowest BCUT2D eigenvalue weighted by molar-refractivity contribution is -0.209. The predicted octanol–water partition coefficient (Wildman–Crippen LogP) is 2.24. The molecule has 5 heterocycles. The van der Waals surface area contributed by atoms with Crippen molar-refractivity contribution in [2.45, 2.75) is 31.5 Å². The molecule has 5 rings (SSSR count). The number of ether oxygens (including phenoxy) is 1. The topological polar surface area (TPSA) is 98.9 Å². The highest BCUT2D eigenvalue weighted by Gasteiger charge is 2.52. The van der Waals surface area contributed by atoms with Gasteiger partial charge < -0.3 is 14.2 Å².